The van der Waals surface area contributed by atoms with Crippen LogP contribution in [0.5, 0.6) is 5.75 Å². The van der Waals surface area contributed by atoms with Gasteiger partial charge >= 0.3 is 0 Å². The van der Waals surface area contributed by atoms with E-state index in [1.54, 1.807) is 43.0 Å². The number of nitrogens with zero attached hydrogens (tertiary/aromatic N) is 3. The first-order valence-corrected chi connectivity index (χ1v) is 10.4. The van der Waals surface area contributed by atoms with Crippen molar-refractivity contribution in [2.45, 2.75) is 18.1 Å². The van der Waals surface area contributed by atoms with E-state index in [9.17, 15) is 9.18 Å². The van der Waals surface area contributed by atoms with Crippen LogP contribution in [0.25, 0.3) is 0 Å². The van der Waals surface area contributed by atoms with E-state index in [4.69, 9.17) is 4.74 Å². The summed E-state index contributed by atoms with van der Waals surface area (Å²) >= 11 is 1.39. The Morgan fingerprint density at radius 1 is 1.27 bits per heavy atom. The van der Waals surface area contributed by atoms with Crippen LogP contribution in [-0.2, 0) is 4.79 Å². The Labute approximate surface area is 177 Å². The van der Waals surface area contributed by atoms with E-state index in [-0.39, 0.29) is 11.7 Å². The molecule has 9 heteroatoms. The van der Waals surface area contributed by atoms with E-state index >= 15 is 0 Å². The molecule has 154 valence electrons. The molecule has 4 rings (SSSR count). The number of ether oxygens (including phenoxy) is 1. The molecule has 0 aliphatic carbocycles. The molecule has 0 radical (unpaired) electrons. The number of methoxy groups -OCH3 is 1. The van der Waals surface area contributed by atoms with Crippen LogP contribution < -0.4 is 15.4 Å². The first kappa shape index (κ1) is 20.0. The fourth-order valence-corrected chi connectivity index (χ4v) is 3.78. The first-order chi connectivity index (χ1) is 14.5. The van der Waals surface area contributed by atoms with Crippen molar-refractivity contribution in [3.8, 4) is 5.75 Å². The monoisotopic (exact) mass is 425 g/mol. The molecule has 1 atom stereocenters. The third-order valence-corrected chi connectivity index (χ3v) is 5.32. The summed E-state index contributed by atoms with van der Waals surface area (Å²) in [6.07, 6.45) is 1.87. The Morgan fingerprint density at radius 3 is 2.80 bits per heavy atom. The van der Waals surface area contributed by atoms with Gasteiger partial charge in [-0.3, -0.25) is 4.79 Å². The number of hydrogen-bond donors (Lipinski definition) is 2. The minimum atomic E-state index is -0.639. The van der Waals surface area contributed by atoms with Gasteiger partial charge in [0.2, 0.25) is 11.1 Å². The Balaban J connectivity index is 1.80. The van der Waals surface area contributed by atoms with E-state index < -0.39 is 6.04 Å². The maximum Gasteiger partial charge on any atom is 0.255 e. The summed E-state index contributed by atoms with van der Waals surface area (Å²) in [7, 11) is 1.54. The van der Waals surface area contributed by atoms with Gasteiger partial charge < -0.3 is 15.4 Å². The largest absolute Gasteiger partial charge is 0.495 e. The average Bonchev–Trinajstić information content (AvgIpc) is 3.15. The van der Waals surface area contributed by atoms with Gasteiger partial charge in [-0.05, 0) is 43.0 Å². The lowest BCUT2D eigenvalue weighted by Crippen LogP contribution is -2.31. The second kappa shape index (κ2) is 8.19. The van der Waals surface area contributed by atoms with Crippen molar-refractivity contribution < 1.29 is 13.9 Å². The standard InChI is InChI=1S/C21H20FN5O2S/c1-12-17(19(28)24-15-9-4-5-10-16(15)29-2)18(13-7-6-8-14(22)11-13)27-20(23-12)25-21(26-27)30-3/h4-11,18H,1-3H3,(H,24,28)(H,23,25,26)/t18-/m1/s1. The van der Waals surface area contributed by atoms with Crippen LogP contribution in [0.2, 0.25) is 0 Å². The number of allylic oxidation sites excluding steroid dienone is 1. The molecule has 1 aliphatic heterocycles. The highest BCUT2D eigenvalue weighted by Crippen LogP contribution is 2.37. The minimum Gasteiger partial charge on any atom is -0.495 e. The molecule has 0 saturated carbocycles. The molecule has 0 saturated heterocycles. The van der Waals surface area contributed by atoms with Gasteiger partial charge in [0.15, 0.2) is 0 Å². The zero-order chi connectivity index (χ0) is 21.3. The van der Waals surface area contributed by atoms with Crippen LogP contribution >= 0.6 is 11.8 Å². The van der Waals surface area contributed by atoms with Crippen LogP contribution in [0.3, 0.4) is 0 Å². The Bertz CT molecular complexity index is 1140. The van der Waals surface area contributed by atoms with Crippen molar-refractivity contribution in [3.63, 3.8) is 0 Å². The van der Waals surface area contributed by atoms with Gasteiger partial charge in [-0.2, -0.15) is 4.98 Å². The summed E-state index contributed by atoms with van der Waals surface area (Å²) < 4.78 is 21.0. The summed E-state index contributed by atoms with van der Waals surface area (Å²) in [6.45, 7) is 1.79. The molecular weight excluding hydrogens is 405 g/mol. The van der Waals surface area contributed by atoms with Crippen LogP contribution in [0.4, 0.5) is 16.0 Å². The van der Waals surface area contributed by atoms with E-state index in [2.05, 4.69) is 20.7 Å². The number of thioether (sulfide) groups is 1. The highest BCUT2D eigenvalue weighted by atomic mass is 32.2. The second-order valence-electron chi connectivity index (χ2n) is 6.64. The van der Waals surface area contributed by atoms with Crippen molar-refractivity contribution in [2.75, 3.05) is 24.0 Å². The molecule has 7 nitrogen and oxygen atoms in total. The molecule has 1 aliphatic rings. The summed E-state index contributed by atoms with van der Waals surface area (Å²) in [5.74, 6) is 0.312. The topological polar surface area (TPSA) is 81.1 Å². The van der Waals surface area contributed by atoms with E-state index in [0.717, 1.165) is 0 Å². The lowest BCUT2D eigenvalue weighted by molar-refractivity contribution is -0.113. The number of carbonyl (C=O) groups excluding carboxylic acids is 1. The third kappa shape index (κ3) is 3.63. The van der Waals surface area contributed by atoms with Gasteiger partial charge in [-0.25, -0.2) is 9.07 Å². The number of fused-ring (bicyclic) bond motifs is 1. The predicted molar refractivity (Wildman–Crippen MR) is 114 cm³/mol. The van der Waals surface area contributed by atoms with Crippen molar-refractivity contribution in [1.82, 2.24) is 14.8 Å². The lowest BCUT2D eigenvalue weighted by Gasteiger charge is -2.28. The zero-order valence-corrected chi connectivity index (χ0v) is 17.5. The summed E-state index contributed by atoms with van der Waals surface area (Å²) in [5.41, 5.74) is 2.16. The quantitative estimate of drug-likeness (QED) is 0.600. The molecule has 0 spiro atoms. The van der Waals surface area contributed by atoms with Crippen LogP contribution in [-0.4, -0.2) is 34.0 Å². The van der Waals surface area contributed by atoms with E-state index in [1.807, 2.05) is 18.4 Å². The van der Waals surface area contributed by atoms with Gasteiger partial charge in [0, 0.05) is 5.70 Å². The number of aromatic nitrogens is 3. The highest BCUT2D eigenvalue weighted by Gasteiger charge is 2.34. The van der Waals surface area contributed by atoms with Crippen LogP contribution in [0.1, 0.15) is 18.5 Å². The molecule has 2 heterocycles. The molecule has 3 aromatic rings. The van der Waals surface area contributed by atoms with Gasteiger partial charge in [-0.15, -0.1) is 5.10 Å². The molecule has 0 fully saturated rings. The number of benzene rings is 2. The molecular formula is C21H20FN5O2S. The van der Waals surface area contributed by atoms with Gasteiger partial charge in [0.25, 0.3) is 5.91 Å². The number of hydrogen-bond acceptors (Lipinski definition) is 6. The first-order valence-electron chi connectivity index (χ1n) is 9.20. The smallest absolute Gasteiger partial charge is 0.255 e. The maximum absolute atomic E-state index is 14.0. The van der Waals surface area contributed by atoms with Gasteiger partial charge in [0.05, 0.1) is 18.4 Å². The molecule has 1 amide bonds. The number of amides is 1. The normalized spacial score (nSPS) is 15.4. The predicted octanol–water partition coefficient (Wildman–Crippen LogP) is 4.08. The molecule has 2 N–H and O–H groups in total. The second-order valence-corrected chi connectivity index (χ2v) is 7.42. The summed E-state index contributed by atoms with van der Waals surface area (Å²) in [6, 6.07) is 12.7. The fraction of sp³-hybridized carbons (Fsp3) is 0.190. The number of nitrogens with one attached hydrogen (secondary N) is 2. The molecule has 30 heavy (non-hydrogen) atoms. The summed E-state index contributed by atoms with van der Waals surface area (Å²) in [4.78, 5) is 17.8. The van der Waals surface area contributed by atoms with Crippen molar-refractivity contribution in [1.29, 1.82) is 0 Å². The molecule has 2 aromatic carbocycles. The molecule has 0 unspecified atom stereocenters. The minimum absolute atomic E-state index is 0.342. The van der Waals surface area contributed by atoms with Crippen LogP contribution in [0.15, 0.2) is 65.0 Å². The molecule has 0 bridgehead atoms. The lowest BCUT2D eigenvalue weighted by atomic mass is 9.95. The number of anilines is 2. The number of rotatable bonds is 5. The fourth-order valence-electron chi connectivity index (χ4n) is 3.43. The zero-order valence-electron chi connectivity index (χ0n) is 16.6. The Hall–Kier alpha value is -3.33. The van der Waals surface area contributed by atoms with Gasteiger partial charge in [-0.1, -0.05) is 36.0 Å². The molecule has 1 aromatic heterocycles. The SMILES string of the molecule is COc1ccccc1NC(=O)C1=C(C)Nc2nc(SC)nn2[C@@H]1c1cccc(F)c1. The van der Waals surface area contributed by atoms with Crippen molar-refractivity contribution >= 4 is 29.3 Å². The van der Waals surface area contributed by atoms with Crippen LogP contribution in [0, 0.1) is 5.82 Å². The Kier molecular flexibility index (Phi) is 5.45. The van der Waals surface area contributed by atoms with Crippen molar-refractivity contribution in [3.05, 3.63) is 71.2 Å². The number of carbonyl (C=O) groups is 1. The number of halogens is 1. The highest BCUT2D eigenvalue weighted by molar-refractivity contribution is 7.98. The van der Waals surface area contributed by atoms with Gasteiger partial charge in [0.1, 0.15) is 17.6 Å². The van der Waals surface area contributed by atoms with E-state index in [1.165, 1.54) is 23.9 Å². The average molecular weight is 425 g/mol. The maximum atomic E-state index is 14.0. The van der Waals surface area contributed by atoms with Crippen molar-refractivity contribution in [2.24, 2.45) is 0 Å². The number of para-hydroxylation sites is 2. The Morgan fingerprint density at radius 2 is 2.07 bits per heavy atom. The van der Waals surface area contributed by atoms with E-state index in [0.29, 0.717) is 39.4 Å². The summed E-state index contributed by atoms with van der Waals surface area (Å²) in [5, 5.41) is 11.1. The third-order valence-electron chi connectivity index (χ3n) is 4.78.